The van der Waals surface area contributed by atoms with Gasteiger partial charge >= 0.3 is 6.09 Å². The Balaban J connectivity index is 1.68. The van der Waals surface area contributed by atoms with Crippen LogP contribution in [0, 0.1) is 0 Å². The number of para-hydroxylation sites is 1. The van der Waals surface area contributed by atoms with Gasteiger partial charge in [-0.25, -0.2) is 4.79 Å². The van der Waals surface area contributed by atoms with Crippen molar-refractivity contribution >= 4 is 6.09 Å². The van der Waals surface area contributed by atoms with E-state index in [-0.39, 0.29) is 12.2 Å². The second-order valence-electron chi connectivity index (χ2n) is 7.47. The molecule has 0 bridgehead atoms. The van der Waals surface area contributed by atoms with Crippen molar-refractivity contribution in [2.45, 2.75) is 58.3 Å². The van der Waals surface area contributed by atoms with Crippen molar-refractivity contribution in [1.29, 1.82) is 0 Å². The number of nitrogens with zero attached hydrogens (tertiary/aromatic N) is 1. The zero-order valence-corrected chi connectivity index (χ0v) is 15.5. The Kier molecular flexibility index (Phi) is 6.10. The molecular formula is C19H30N2O3. The predicted octanol–water partition coefficient (Wildman–Crippen LogP) is 3.23. The van der Waals surface area contributed by atoms with Crippen molar-refractivity contribution in [2.75, 3.05) is 20.1 Å². The van der Waals surface area contributed by atoms with Crippen LogP contribution < -0.4 is 10.1 Å². The summed E-state index contributed by atoms with van der Waals surface area (Å²) in [5.41, 5.74) is 0.832. The fourth-order valence-electron chi connectivity index (χ4n) is 2.80. The summed E-state index contributed by atoms with van der Waals surface area (Å²) in [6.45, 7) is 9.29. The summed E-state index contributed by atoms with van der Waals surface area (Å²) >= 11 is 0. The summed E-state index contributed by atoms with van der Waals surface area (Å²) in [5.74, 6) is 1.01. The van der Waals surface area contributed by atoms with Crippen molar-refractivity contribution in [3.8, 4) is 5.75 Å². The van der Waals surface area contributed by atoms with E-state index in [1.54, 1.807) is 0 Å². The van der Waals surface area contributed by atoms with Crippen molar-refractivity contribution in [3.63, 3.8) is 0 Å². The summed E-state index contributed by atoms with van der Waals surface area (Å²) < 4.78 is 11.3. The Labute approximate surface area is 145 Å². The van der Waals surface area contributed by atoms with Crippen LogP contribution in [0.1, 0.15) is 39.7 Å². The van der Waals surface area contributed by atoms with Gasteiger partial charge in [0.15, 0.2) is 0 Å². The SMILES string of the molecule is C[C@H]([C@H]1Cc2ccccc2O1)N(C)CCCNC(=O)OC(C)(C)C. The Bertz CT molecular complexity index is 529. The lowest BCUT2D eigenvalue weighted by molar-refractivity contribution is 0.0523. The standard InChI is InChI=1S/C19H30N2O3/c1-14(17-13-15-9-6-7-10-16(15)23-17)21(5)12-8-11-20-18(22)24-19(2,3)4/h6-7,9-10,14,17H,8,11-13H2,1-5H3,(H,20,22)/t14-,17-/m1/s1. The largest absolute Gasteiger partial charge is 0.488 e. The van der Waals surface area contributed by atoms with Gasteiger partial charge in [-0.2, -0.15) is 0 Å². The average molecular weight is 334 g/mol. The molecule has 2 rings (SSSR count). The Morgan fingerprint density at radius 1 is 1.42 bits per heavy atom. The van der Waals surface area contributed by atoms with Crippen molar-refractivity contribution in [3.05, 3.63) is 29.8 Å². The third-order valence-corrected chi connectivity index (χ3v) is 4.26. The van der Waals surface area contributed by atoms with Crippen molar-refractivity contribution in [2.24, 2.45) is 0 Å². The number of alkyl carbamates (subject to hydrolysis) is 1. The van der Waals surface area contributed by atoms with E-state index in [1.165, 1.54) is 5.56 Å². The quantitative estimate of drug-likeness (QED) is 0.812. The fraction of sp³-hybridized carbons (Fsp3) is 0.632. The third kappa shape index (κ3) is 5.41. The maximum absolute atomic E-state index is 11.6. The minimum absolute atomic E-state index is 0.186. The van der Waals surface area contributed by atoms with Gasteiger partial charge in [-0.3, -0.25) is 4.90 Å². The number of amides is 1. The summed E-state index contributed by atoms with van der Waals surface area (Å²) in [7, 11) is 2.10. The van der Waals surface area contributed by atoms with E-state index in [2.05, 4.69) is 36.3 Å². The summed E-state index contributed by atoms with van der Waals surface area (Å²) in [5, 5.41) is 2.80. The molecular weight excluding hydrogens is 304 g/mol. The molecule has 0 spiro atoms. The van der Waals surface area contributed by atoms with Gasteiger partial charge in [0.05, 0.1) is 0 Å². The maximum atomic E-state index is 11.6. The fourth-order valence-corrected chi connectivity index (χ4v) is 2.80. The molecule has 1 aromatic carbocycles. The molecule has 1 N–H and O–H groups in total. The van der Waals surface area contributed by atoms with Gasteiger partial charge < -0.3 is 14.8 Å². The lowest BCUT2D eigenvalue weighted by atomic mass is 10.0. The number of benzene rings is 1. The molecule has 1 aliphatic heterocycles. The van der Waals surface area contributed by atoms with Crippen LogP contribution in [0.4, 0.5) is 4.79 Å². The Morgan fingerprint density at radius 3 is 2.79 bits per heavy atom. The molecule has 0 aromatic heterocycles. The Morgan fingerprint density at radius 2 is 2.12 bits per heavy atom. The highest BCUT2D eigenvalue weighted by Crippen LogP contribution is 2.30. The van der Waals surface area contributed by atoms with E-state index in [4.69, 9.17) is 9.47 Å². The molecule has 5 nitrogen and oxygen atoms in total. The highest BCUT2D eigenvalue weighted by atomic mass is 16.6. The average Bonchev–Trinajstić information content (AvgIpc) is 2.92. The first-order valence-corrected chi connectivity index (χ1v) is 8.68. The first-order chi connectivity index (χ1) is 11.3. The minimum Gasteiger partial charge on any atom is -0.488 e. The van der Waals surface area contributed by atoms with Gasteiger partial charge in [-0.05, 0) is 59.3 Å². The number of ether oxygens (including phenoxy) is 2. The van der Waals surface area contributed by atoms with Crippen LogP contribution >= 0.6 is 0 Å². The summed E-state index contributed by atoms with van der Waals surface area (Å²) in [6.07, 6.45) is 1.66. The first kappa shape index (κ1) is 18.6. The zero-order valence-electron chi connectivity index (χ0n) is 15.5. The summed E-state index contributed by atoms with van der Waals surface area (Å²) in [6, 6.07) is 8.55. The van der Waals surface area contributed by atoms with Crippen molar-refractivity contribution < 1.29 is 14.3 Å². The van der Waals surface area contributed by atoms with E-state index in [0.29, 0.717) is 12.6 Å². The molecule has 0 saturated carbocycles. The van der Waals surface area contributed by atoms with Gasteiger partial charge in [-0.15, -0.1) is 0 Å². The monoisotopic (exact) mass is 334 g/mol. The minimum atomic E-state index is -0.454. The topological polar surface area (TPSA) is 50.8 Å². The number of rotatable bonds is 6. The van der Waals surface area contributed by atoms with E-state index >= 15 is 0 Å². The van der Waals surface area contributed by atoms with E-state index in [0.717, 1.165) is 25.1 Å². The van der Waals surface area contributed by atoms with E-state index < -0.39 is 5.60 Å². The van der Waals surface area contributed by atoms with Crippen LogP contribution in [0.3, 0.4) is 0 Å². The molecule has 0 radical (unpaired) electrons. The van der Waals surface area contributed by atoms with E-state index in [1.807, 2.05) is 32.9 Å². The number of hydrogen-bond donors (Lipinski definition) is 1. The molecule has 2 atom stereocenters. The van der Waals surface area contributed by atoms with Crippen molar-refractivity contribution in [1.82, 2.24) is 10.2 Å². The zero-order chi connectivity index (χ0) is 17.7. The number of fused-ring (bicyclic) bond motifs is 1. The molecule has 1 amide bonds. The number of likely N-dealkylation sites (N-methyl/N-ethyl adjacent to an activating group) is 1. The molecule has 0 fully saturated rings. The molecule has 0 aliphatic carbocycles. The Hall–Kier alpha value is -1.75. The van der Waals surface area contributed by atoms with Gasteiger partial charge in [0.25, 0.3) is 0 Å². The third-order valence-electron chi connectivity index (χ3n) is 4.26. The van der Waals surface area contributed by atoms with Crippen LogP contribution in [0.25, 0.3) is 0 Å². The molecule has 1 aromatic rings. The normalized spacial score (nSPS) is 18.0. The van der Waals surface area contributed by atoms with Crippen LogP contribution in [-0.4, -0.2) is 48.9 Å². The molecule has 1 heterocycles. The van der Waals surface area contributed by atoms with E-state index in [9.17, 15) is 4.79 Å². The van der Waals surface area contributed by atoms with Gasteiger partial charge in [0.1, 0.15) is 17.5 Å². The number of carbonyl (C=O) groups excluding carboxylic acids is 1. The van der Waals surface area contributed by atoms with Gasteiger partial charge in [-0.1, -0.05) is 18.2 Å². The first-order valence-electron chi connectivity index (χ1n) is 8.68. The lowest BCUT2D eigenvalue weighted by Gasteiger charge is -2.29. The number of hydrogen-bond acceptors (Lipinski definition) is 4. The van der Waals surface area contributed by atoms with Crippen LogP contribution in [0.2, 0.25) is 0 Å². The molecule has 24 heavy (non-hydrogen) atoms. The second kappa shape index (κ2) is 7.88. The molecule has 134 valence electrons. The molecule has 0 saturated heterocycles. The molecule has 5 heteroatoms. The number of nitrogens with one attached hydrogen (secondary N) is 1. The van der Waals surface area contributed by atoms with Gasteiger partial charge in [0, 0.05) is 19.0 Å². The second-order valence-corrected chi connectivity index (χ2v) is 7.47. The van der Waals surface area contributed by atoms with Crippen LogP contribution in [0.15, 0.2) is 24.3 Å². The molecule has 0 unspecified atom stereocenters. The number of carbonyl (C=O) groups is 1. The lowest BCUT2D eigenvalue weighted by Crippen LogP contribution is -2.42. The maximum Gasteiger partial charge on any atom is 0.407 e. The smallest absolute Gasteiger partial charge is 0.407 e. The molecule has 1 aliphatic rings. The van der Waals surface area contributed by atoms with Crippen LogP contribution in [0.5, 0.6) is 5.75 Å². The predicted molar refractivity (Wildman–Crippen MR) is 95.5 cm³/mol. The van der Waals surface area contributed by atoms with Crippen LogP contribution in [-0.2, 0) is 11.2 Å². The highest BCUT2D eigenvalue weighted by Gasteiger charge is 2.29. The summed E-state index contributed by atoms with van der Waals surface area (Å²) in [4.78, 5) is 13.9. The van der Waals surface area contributed by atoms with Gasteiger partial charge in [0.2, 0.25) is 0 Å². The highest BCUT2D eigenvalue weighted by molar-refractivity contribution is 5.67.